The van der Waals surface area contributed by atoms with Crippen LogP contribution in [0.25, 0.3) is 0 Å². The Morgan fingerprint density at radius 3 is 2.78 bits per heavy atom. The number of aryl methyl sites for hydroxylation is 1. The maximum absolute atomic E-state index is 12.4. The summed E-state index contributed by atoms with van der Waals surface area (Å²) >= 11 is 0. The Hall–Kier alpha value is -1.71. The first-order chi connectivity index (χ1) is 11.0. The molecule has 1 fully saturated rings. The van der Waals surface area contributed by atoms with Crippen molar-refractivity contribution in [3.05, 3.63) is 35.7 Å². The van der Waals surface area contributed by atoms with E-state index in [-0.39, 0.29) is 5.25 Å². The highest BCUT2D eigenvalue weighted by Gasteiger charge is 2.41. The first-order valence-corrected chi connectivity index (χ1v) is 9.18. The summed E-state index contributed by atoms with van der Waals surface area (Å²) in [4.78, 5) is 4.14. The molecule has 0 radical (unpaired) electrons. The van der Waals surface area contributed by atoms with Crippen molar-refractivity contribution < 1.29 is 13.5 Å². The molecule has 9 heteroatoms. The third-order valence-corrected chi connectivity index (χ3v) is 6.82. The highest BCUT2D eigenvalue weighted by Crippen LogP contribution is 2.33. The molecule has 23 heavy (non-hydrogen) atoms. The average molecular weight is 337 g/mol. The molecule has 1 aliphatic heterocycles. The van der Waals surface area contributed by atoms with Crippen LogP contribution in [0.4, 0.5) is 0 Å². The third kappa shape index (κ3) is 2.48. The van der Waals surface area contributed by atoms with E-state index >= 15 is 0 Å². The minimum absolute atomic E-state index is 0.199. The molecule has 8 nitrogen and oxygen atoms in total. The van der Waals surface area contributed by atoms with Crippen molar-refractivity contribution in [3.63, 3.8) is 0 Å². The molecule has 1 N–H and O–H groups in total. The lowest BCUT2D eigenvalue weighted by Crippen LogP contribution is -2.40. The summed E-state index contributed by atoms with van der Waals surface area (Å²) in [5.74, 6) is 0.517. The maximum atomic E-state index is 12.4. The lowest BCUT2D eigenvalue weighted by molar-refractivity contribution is 0.200. The molecule has 1 aliphatic carbocycles. The van der Waals surface area contributed by atoms with Crippen molar-refractivity contribution in [1.82, 2.24) is 23.6 Å². The summed E-state index contributed by atoms with van der Waals surface area (Å²) in [5, 5.41) is 14.7. The minimum atomic E-state index is -3.18. The quantitative estimate of drug-likeness (QED) is 0.848. The predicted octanol–water partition coefficient (Wildman–Crippen LogP) is 0.00610. The van der Waals surface area contributed by atoms with E-state index in [0.717, 1.165) is 18.5 Å². The van der Waals surface area contributed by atoms with Crippen molar-refractivity contribution in [2.24, 2.45) is 7.05 Å². The molecular weight excluding hydrogens is 318 g/mol. The zero-order valence-corrected chi connectivity index (χ0v) is 13.6. The van der Waals surface area contributed by atoms with Crippen molar-refractivity contribution in [2.75, 3.05) is 6.54 Å². The predicted molar refractivity (Wildman–Crippen MR) is 81.8 cm³/mol. The number of hydrogen-bond donors (Lipinski definition) is 1. The Balaban J connectivity index is 1.59. The molecule has 0 bridgehead atoms. The molecule has 0 saturated heterocycles. The normalized spacial score (nSPS) is 20.4. The zero-order valence-electron chi connectivity index (χ0n) is 12.8. The smallest absolute Gasteiger partial charge is 0.217 e. The van der Waals surface area contributed by atoms with E-state index in [2.05, 4.69) is 10.1 Å². The summed E-state index contributed by atoms with van der Waals surface area (Å²) < 4.78 is 29.8. The van der Waals surface area contributed by atoms with Gasteiger partial charge in [0.15, 0.2) is 6.10 Å². The van der Waals surface area contributed by atoms with Gasteiger partial charge in [0, 0.05) is 26.0 Å². The van der Waals surface area contributed by atoms with Crippen LogP contribution in [-0.2, 0) is 30.2 Å². The van der Waals surface area contributed by atoms with Crippen molar-refractivity contribution in [2.45, 2.75) is 37.3 Å². The van der Waals surface area contributed by atoms with E-state index in [0.29, 0.717) is 31.2 Å². The summed E-state index contributed by atoms with van der Waals surface area (Å²) in [5.41, 5.74) is 1.31. The fourth-order valence-electron chi connectivity index (χ4n) is 2.97. The Labute approximate surface area is 134 Å². The van der Waals surface area contributed by atoms with Crippen LogP contribution in [0.2, 0.25) is 0 Å². The number of rotatable bonds is 4. The Kier molecular flexibility index (Phi) is 3.33. The highest BCUT2D eigenvalue weighted by atomic mass is 32.2. The van der Waals surface area contributed by atoms with Gasteiger partial charge in [0.1, 0.15) is 5.82 Å². The SMILES string of the molecule is Cn1ccnc1[C@H](O)c1cc2n(n1)CCN(S(=O)(=O)C1CC1)C2. The van der Waals surface area contributed by atoms with Crippen LogP contribution in [0.5, 0.6) is 0 Å². The fourth-order valence-corrected chi connectivity index (χ4v) is 4.77. The van der Waals surface area contributed by atoms with Crippen LogP contribution in [0, 0.1) is 0 Å². The lowest BCUT2D eigenvalue weighted by atomic mass is 10.2. The number of hydrogen-bond acceptors (Lipinski definition) is 5. The largest absolute Gasteiger partial charge is 0.379 e. The summed E-state index contributed by atoms with van der Waals surface area (Å²) in [7, 11) is -1.37. The van der Waals surface area contributed by atoms with Crippen LogP contribution in [-0.4, -0.2) is 49.0 Å². The molecule has 4 rings (SSSR count). The van der Waals surface area contributed by atoms with Crippen LogP contribution < -0.4 is 0 Å². The van der Waals surface area contributed by atoms with Gasteiger partial charge in [0.2, 0.25) is 10.0 Å². The Morgan fingerprint density at radius 1 is 1.35 bits per heavy atom. The van der Waals surface area contributed by atoms with Gasteiger partial charge in [-0.2, -0.15) is 9.40 Å². The molecule has 0 aromatic carbocycles. The molecule has 0 amide bonds. The molecular formula is C14H19N5O3S. The molecule has 2 aromatic rings. The molecule has 0 spiro atoms. The third-order valence-electron chi connectivity index (χ3n) is 4.47. The number of sulfonamides is 1. The molecule has 2 aliphatic rings. The van der Waals surface area contributed by atoms with Gasteiger partial charge in [-0.05, 0) is 18.9 Å². The van der Waals surface area contributed by atoms with Gasteiger partial charge < -0.3 is 9.67 Å². The first kappa shape index (κ1) is 14.9. The number of fused-ring (bicyclic) bond motifs is 1. The molecule has 2 aromatic heterocycles. The molecule has 1 atom stereocenters. The summed E-state index contributed by atoms with van der Waals surface area (Å²) in [6.45, 7) is 1.26. The monoisotopic (exact) mass is 337 g/mol. The van der Waals surface area contributed by atoms with E-state index in [1.807, 2.05) is 7.05 Å². The second kappa shape index (κ2) is 5.15. The van der Waals surface area contributed by atoms with E-state index < -0.39 is 16.1 Å². The number of aromatic nitrogens is 4. The fraction of sp³-hybridized carbons (Fsp3) is 0.571. The van der Waals surface area contributed by atoms with Gasteiger partial charge >= 0.3 is 0 Å². The standard InChI is InChI=1S/C14H19N5O3S/c1-17-5-4-15-14(17)13(20)12-8-10-9-18(6-7-19(10)16-12)23(21,22)11-2-3-11/h4-5,8,11,13,20H,2-3,6-7,9H2,1H3/t13-/m1/s1. The number of imidazole rings is 1. The minimum Gasteiger partial charge on any atom is -0.379 e. The molecule has 3 heterocycles. The second-order valence-corrected chi connectivity index (χ2v) is 8.37. The summed E-state index contributed by atoms with van der Waals surface area (Å²) in [6, 6.07) is 1.77. The molecule has 1 saturated carbocycles. The van der Waals surface area contributed by atoms with Gasteiger partial charge in [-0.25, -0.2) is 13.4 Å². The number of nitrogens with zero attached hydrogens (tertiary/aromatic N) is 5. The Bertz CT molecular complexity index is 836. The van der Waals surface area contributed by atoms with Crippen molar-refractivity contribution >= 4 is 10.0 Å². The topological polar surface area (TPSA) is 93.2 Å². The van der Waals surface area contributed by atoms with Gasteiger partial charge in [0.05, 0.1) is 29.7 Å². The zero-order chi connectivity index (χ0) is 16.2. The average Bonchev–Trinajstić information content (AvgIpc) is 3.17. The maximum Gasteiger partial charge on any atom is 0.217 e. The molecule has 124 valence electrons. The Morgan fingerprint density at radius 2 is 2.13 bits per heavy atom. The lowest BCUT2D eigenvalue weighted by Gasteiger charge is -2.26. The van der Waals surface area contributed by atoms with E-state index in [9.17, 15) is 13.5 Å². The van der Waals surface area contributed by atoms with Gasteiger partial charge in [-0.3, -0.25) is 4.68 Å². The van der Waals surface area contributed by atoms with Crippen LogP contribution in [0.1, 0.15) is 36.2 Å². The number of aliphatic hydroxyl groups excluding tert-OH is 1. The van der Waals surface area contributed by atoms with Crippen molar-refractivity contribution in [3.8, 4) is 0 Å². The highest BCUT2D eigenvalue weighted by molar-refractivity contribution is 7.90. The van der Waals surface area contributed by atoms with Crippen LogP contribution in [0.3, 0.4) is 0 Å². The van der Waals surface area contributed by atoms with Gasteiger partial charge in [0.25, 0.3) is 0 Å². The van der Waals surface area contributed by atoms with Crippen LogP contribution in [0.15, 0.2) is 18.5 Å². The second-order valence-electron chi connectivity index (χ2n) is 6.16. The molecule has 0 unspecified atom stereocenters. The van der Waals surface area contributed by atoms with Gasteiger partial charge in [-0.1, -0.05) is 0 Å². The first-order valence-electron chi connectivity index (χ1n) is 7.67. The summed E-state index contributed by atoms with van der Waals surface area (Å²) in [6.07, 6.45) is 4.00. The van der Waals surface area contributed by atoms with E-state index in [1.165, 1.54) is 0 Å². The van der Waals surface area contributed by atoms with Crippen LogP contribution >= 0.6 is 0 Å². The van der Waals surface area contributed by atoms with E-state index in [1.54, 1.807) is 32.0 Å². The van der Waals surface area contributed by atoms with Crippen molar-refractivity contribution in [1.29, 1.82) is 0 Å². The van der Waals surface area contributed by atoms with Gasteiger partial charge in [-0.15, -0.1) is 0 Å². The number of aliphatic hydroxyl groups is 1. The van der Waals surface area contributed by atoms with E-state index in [4.69, 9.17) is 0 Å².